The third-order valence-corrected chi connectivity index (χ3v) is 9.37. The summed E-state index contributed by atoms with van der Waals surface area (Å²) < 4.78 is 6.32. The maximum absolute atomic E-state index is 14.3. The average molecular weight is 559 g/mol. The molecule has 2 heterocycles. The predicted octanol–water partition coefficient (Wildman–Crippen LogP) is 6.76. The summed E-state index contributed by atoms with van der Waals surface area (Å²) in [6.45, 7) is 10.5. The summed E-state index contributed by atoms with van der Waals surface area (Å²) in [6, 6.07) is 14.1. The van der Waals surface area contributed by atoms with E-state index >= 15 is 0 Å². The third-order valence-electron chi connectivity index (χ3n) is 8.90. The first-order valence-electron chi connectivity index (χ1n) is 14.0. The van der Waals surface area contributed by atoms with Crippen LogP contribution in [-0.4, -0.2) is 48.2 Å². The lowest BCUT2D eigenvalue weighted by atomic mass is 9.63. The third kappa shape index (κ3) is 5.08. The Morgan fingerprint density at radius 1 is 1.11 bits per heavy atom. The molecular weight excluding hydrogens is 517 g/mol. The zero-order chi connectivity index (χ0) is 27.2. The first kappa shape index (κ1) is 27.8. The Morgan fingerprint density at radius 3 is 2.47 bits per heavy atom. The van der Waals surface area contributed by atoms with Crippen LogP contribution >= 0.6 is 23.2 Å². The number of hydrogen-bond donors (Lipinski definition) is 2. The minimum absolute atomic E-state index is 0.0530. The van der Waals surface area contributed by atoms with Gasteiger partial charge in [0, 0.05) is 45.7 Å². The molecule has 5 rings (SSSR count). The van der Waals surface area contributed by atoms with Gasteiger partial charge in [0.1, 0.15) is 12.1 Å². The normalized spacial score (nSPS) is 31.3. The lowest BCUT2D eigenvalue weighted by Gasteiger charge is -2.41. The van der Waals surface area contributed by atoms with Gasteiger partial charge in [-0.05, 0) is 79.5 Å². The van der Waals surface area contributed by atoms with Crippen molar-refractivity contribution in [3.05, 3.63) is 63.6 Å². The molecule has 0 bridgehead atoms. The highest BCUT2D eigenvalue weighted by Crippen LogP contribution is 2.59. The van der Waals surface area contributed by atoms with Crippen LogP contribution in [0.3, 0.4) is 0 Å². The number of nitrogens with one attached hydrogen (secondary N) is 1. The van der Waals surface area contributed by atoms with Gasteiger partial charge in [-0.3, -0.25) is 9.69 Å². The highest BCUT2D eigenvalue weighted by atomic mass is 35.5. The fourth-order valence-electron chi connectivity index (χ4n) is 7.34. The number of carbonyl (C=O) groups excluding carboxylic acids is 1. The van der Waals surface area contributed by atoms with Gasteiger partial charge in [0.05, 0.1) is 0 Å². The minimum Gasteiger partial charge on any atom is -0.461 e. The first-order chi connectivity index (χ1) is 18.0. The lowest BCUT2D eigenvalue weighted by molar-refractivity contribution is -0.157. The van der Waals surface area contributed by atoms with E-state index in [-0.39, 0.29) is 40.9 Å². The molecule has 1 saturated carbocycles. The second-order valence-electron chi connectivity index (χ2n) is 12.6. The maximum Gasteiger partial charge on any atom is 0.324 e. The number of nitrogens with zero attached hydrogens (tertiary/aromatic N) is 1. The summed E-state index contributed by atoms with van der Waals surface area (Å²) in [6.07, 6.45) is 4.30. The summed E-state index contributed by atoms with van der Waals surface area (Å²) in [5.41, 5.74) is 9.18. The topological polar surface area (TPSA) is 67.6 Å². The minimum atomic E-state index is -0.426. The zero-order valence-corrected chi connectivity index (χ0v) is 24.5. The van der Waals surface area contributed by atoms with Crippen LogP contribution in [0.4, 0.5) is 5.69 Å². The molecule has 1 spiro atoms. The molecule has 2 fully saturated rings. The Bertz CT molecular complexity index is 1170. The molecule has 2 aromatic carbocycles. The van der Waals surface area contributed by atoms with Crippen LogP contribution in [0.5, 0.6) is 0 Å². The summed E-state index contributed by atoms with van der Waals surface area (Å²) in [7, 11) is 0. The standard InChI is InChI=1S/C31H41Cl2N3O2/c1-5-36-26(17-30(2,3)4)31(18-35-25-16-21(33)9-14-24(25)31)27(19-7-6-8-20(32)15-19)28(36)29(37)38-23-12-10-22(34)11-13-23/h6-9,14-16,22-23,26-28,35H,5,10-13,17-18,34H2,1-4H3/t22?,23?,26-,27-,28+,31-/m0/s1. The SMILES string of the molecule is CCN1[C@@H](CC(C)(C)C)[C@@]2(CNc3cc(Cl)ccc32)[C@@H](c2cccc(Cl)c2)[C@@H]1C(=O)OC1CCC(N)CC1. The molecule has 206 valence electrons. The number of benzene rings is 2. The van der Waals surface area contributed by atoms with Gasteiger partial charge >= 0.3 is 5.97 Å². The number of fused-ring (bicyclic) bond motifs is 2. The average Bonchev–Trinajstić information content (AvgIpc) is 3.35. The summed E-state index contributed by atoms with van der Waals surface area (Å²) in [5.74, 6) is -0.266. The van der Waals surface area contributed by atoms with Crippen LogP contribution in [0.1, 0.15) is 76.8 Å². The van der Waals surface area contributed by atoms with E-state index in [0.717, 1.165) is 56.4 Å². The Kier molecular flexibility index (Phi) is 7.78. The van der Waals surface area contributed by atoms with Crippen molar-refractivity contribution in [1.82, 2.24) is 4.90 Å². The largest absolute Gasteiger partial charge is 0.461 e. The molecule has 0 unspecified atom stereocenters. The first-order valence-corrected chi connectivity index (χ1v) is 14.8. The van der Waals surface area contributed by atoms with E-state index in [4.69, 9.17) is 33.7 Å². The molecule has 0 radical (unpaired) electrons. The Morgan fingerprint density at radius 2 is 1.82 bits per heavy atom. The molecule has 2 aliphatic heterocycles. The van der Waals surface area contributed by atoms with Crippen LogP contribution in [0.2, 0.25) is 10.0 Å². The van der Waals surface area contributed by atoms with Crippen molar-refractivity contribution in [2.24, 2.45) is 11.1 Å². The van der Waals surface area contributed by atoms with Crippen molar-refractivity contribution in [3.63, 3.8) is 0 Å². The van der Waals surface area contributed by atoms with Gasteiger partial charge in [-0.25, -0.2) is 0 Å². The smallest absolute Gasteiger partial charge is 0.324 e. The van der Waals surface area contributed by atoms with E-state index in [1.807, 2.05) is 30.3 Å². The second kappa shape index (κ2) is 10.6. The number of carbonyl (C=O) groups is 1. The number of anilines is 1. The van der Waals surface area contributed by atoms with Gasteiger partial charge in [0.2, 0.25) is 0 Å². The Labute approximate surface area is 237 Å². The van der Waals surface area contributed by atoms with E-state index in [1.165, 1.54) is 5.56 Å². The Hall–Kier alpha value is -1.79. The van der Waals surface area contributed by atoms with Crippen LogP contribution in [-0.2, 0) is 14.9 Å². The number of likely N-dealkylation sites (tertiary alicyclic amines) is 1. The van der Waals surface area contributed by atoms with Crippen LogP contribution < -0.4 is 11.1 Å². The van der Waals surface area contributed by atoms with Crippen molar-refractivity contribution < 1.29 is 9.53 Å². The number of hydrogen-bond acceptors (Lipinski definition) is 5. The highest BCUT2D eigenvalue weighted by Gasteiger charge is 2.64. The monoisotopic (exact) mass is 557 g/mol. The molecular formula is C31H41Cl2N3O2. The fourth-order valence-corrected chi connectivity index (χ4v) is 7.71. The van der Waals surface area contributed by atoms with E-state index in [2.05, 4.69) is 50.0 Å². The number of ether oxygens (including phenoxy) is 1. The summed E-state index contributed by atoms with van der Waals surface area (Å²) in [4.78, 5) is 16.7. The zero-order valence-electron chi connectivity index (χ0n) is 23.0. The molecule has 2 aromatic rings. The van der Waals surface area contributed by atoms with E-state index in [9.17, 15) is 4.79 Å². The van der Waals surface area contributed by atoms with E-state index < -0.39 is 6.04 Å². The molecule has 0 amide bonds. The lowest BCUT2D eigenvalue weighted by Crippen LogP contribution is -2.48. The number of esters is 1. The molecule has 38 heavy (non-hydrogen) atoms. The van der Waals surface area contributed by atoms with Crippen LogP contribution in [0.25, 0.3) is 0 Å². The van der Waals surface area contributed by atoms with Crippen molar-refractivity contribution >= 4 is 34.9 Å². The quantitative estimate of drug-likeness (QED) is 0.397. The number of halogens is 2. The highest BCUT2D eigenvalue weighted by molar-refractivity contribution is 6.31. The second-order valence-corrected chi connectivity index (χ2v) is 13.5. The molecule has 3 aliphatic rings. The maximum atomic E-state index is 14.3. The van der Waals surface area contributed by atoms with Crippen LogP contribution in [0.15, 0.2) is 42.5 Å². The van der Waals surface area contributed by atoms with Crippen LogP contribution in [0, 0.1) is 5.41 Å². The van der Waals surface area contributed by atoms with E-state index in [0.29, 0.717) is 10.0 Å². The molecule has 5 nitrogen and oxygen atoms in total. The number of likely N-dealkylation sites (N-methyl/N-ethyl adjacent to an activating group) is 1. The van der Waals surface area contributed by atoms with Crippen molar-refractivity contribution in [3.8, 4) is 0 Å². The number of nitrogens with two attached hydrogens (primary N) is 1. The van der Waals surface area contributed by atoms with Crippen molar-refractivity contribution in [1.29, 1.82) is 0 Å². The predicted molar refractivity (Wildman–Crippen MR) is 156 cm³/mol. The summed E-state index contributed by atoms with van der Waals surface area (Å²) in [5, 5.41) is 5.07. The molecule has 7 heteroatoms. The molecule has 1 saturated heterocycles. The fraction of sp³-hybridized carbons (Fsp3) is 0.581. The van der Waals surface area contributed by atoms with Gasteiger partial charge in [-0.2, -0.15) is 0 Å². The molecule has 4 atom stereocenters. The summed E-state index contributed by atoms with van der Waals surface area (Å²) >= 11 is 13.0. The van der Waals surface area contributed by atoms with Crippen molar-refractivity contribution in [2.45, 2.75) is 95.4 Å². The molecule has 0 aromatic heterocycles. The van der Waals surface area contributed by atoms with Gasteiger partial charge < -0.3 is 15.8 Å². The van der Waals surface area contributed by atoms with Crippen molar-refractivity contribution in [2.75, 3.05) is 18.4 Å². The van der Waals surface area contributed by atoms with Gasteiger partial charge in [-0.15, -0.1) is 0 Å². The number of rotatable bonds is 5. The molecule has 1 aliphatic carbocycles. The van der Waals surface area contributed by atoms with E-state index in [1.54, 1.807) is 0 Å². The van der Waals surface area contributed by atoms with Gasteiger partial charge in [-0.1, -0.05) is 69.1 Å². The van der Waals surface area contributed by atoms with Gasteiger partial charge in [0.15, 0.2) is 0 Å². The molecule has 3 N–H and O–H groups in total. The van der Waals surface area contributed by atoms with Gasteiger partial charge in [0.25, 0.3) is 0 Å². The Balaban J connectivity index is 1.66.